The minimum Gasteiger partial charge on any atom is -0.497 e. The van der Waals surface area contributed by atoms with Crippen molar-refractivity contribution >= 4 is 17.9 Å². The van der Waals surface area contributed by atoms with Crippen molar-refractivity contribution in [2.24, 2.45) is 0 Å². The quantitative estimate of drug-likeness (QED) is 0.702. The lowest BCUT2D eigenvalue weighted by atomic mass is 10.1. The number of ether oxygens (including phenoxy) is 1. The molecule has 0 radical (unpaired) electrons. The van der Waals surface area contributed by atoms with Crippen LogP contribution < -0.4 is 10.1 Å². The number of likely N-dealkylation sites (tertiary alicyclic amines) is 1. The largest absolute Gasteiger partial charge is 0.497 e. The number of carbonyl (C=O) groups excluding carboxylic acids is 2. The molecule has 0 saturated carbocycles. The molecule has 0 spiro atoms. The summed E-state index contributed by atoms with van der Waals surface area (Å²) in [6.45, 7) is 3.33. The monoisotopic (exact) mass is 437 g/mol. The van der Waals surface area contributed by atoms with Gasteiger partial charge in [0.2, 0.25) is 11.8 Å². The number of benzene rings is 1. The first-order chi connectivity index (χ1) is 15.6. The van der Waals surface area contributed by atoms with E-state index in [1.165, 1.54) is 12.5 Å². The summed E-state index contributed by atoms with van der Waals surface area (Å²) in [7, 11) is 1.61. The molecule has 0 bridgehead atoms. The summed E-state index contributed by atoms with van der Waals surface area (Å²) >= 11 is 0. The lowest BCUT2D eigenvalue weighted by Crippen LogP contribution is -2.46. The summed E-state index contributed by atoms with van der Waals surface area (Å²) in [5.74, 6) is 2.31. The van der Waals surface area contributed by atoms with Crippen LogP contribution >= 0.6 is 0 Å². The zero-order valence-corrected chi connectivity index (χ0v) is 18.8. The SMILES string of the molecule is COc1ccc(/C=C/C(=O)NC(C)C(=O)N2CCCC2c2nnc3n2CCCCC3)cc1. The molecule has 1 fully saturated rings. The molecule has 2 amide bonds. The molecule has 1 aromatic carbocycles. The molecule has 170 valence electrons. The fourth-order valence-corrected chi connectivity index (χ4v) is 4.51. The maximum Gasteiger partial charge on any atom is 0.245 e. The highest BCUT2D eigenvalue weighted by Crippen LogP contribution is 2.32. The molecule has 8 heteroatoms. The van der Waals surface area contributed by atoms with Gasteiger partial charge in [-0.25, -0.2) is 0 Å². The first-order valence-electron chi connectivity index (χ1n) is 11.4. The Bertz CT molecular complexity index is 982. The summed E-state index contributed by atoms with van der Waals surface area (Å²) in [5, 5.41) is 11.7. The Hall–Kier alpha value is -3.16. The summed E-state index contributed by atoms with van der Waals surface area (Å²) in [4.78, 5) is 27.4. The number of rotatable bonds is 6. The second-order valence-electron chi connectivity index (χ2n) is 8.46. The van der Waals surface area contributed by atoms with Gasteiger partial charge in [-0.05, 0) is 56.4 Å². The van der Waals surface area contributed by atoms with Crippen molar-refractivity contribution in [1.29, 1.82) is 0 Å². The minimum absolute atomic E-state index is 0.0731. The molecule has 2 atom stereocenters. The standard InChI is InChI=1S/C24H31N5O3/c1-17(25-22(30)14-11-18-9-12-19(32-2)13-10-18)24(31)28-16-6-7-20(28)23-27-26-21-8-4-3-5-15-29(21)23/h9-14,17,20H,3-8,15-16H2,1-2H3,(H,25,30)/b14-11+. The molecule has 2 unspecified atom stereocenters. The molecule has 2 aliphatic rings. The lowest BCUT2D eigenvalue weighted by Gasteiger charge is -2.27. The van der Waals surface area contributed by atoms with E-state index in [2.05, 4.69) is 20.1 Å². The highest BCUT2D eigenvalue weighted by atomic mass is 16.5. The van der Waals surface area contributed by atoms with Crippen molar-refractivity contribution in [2.75, 3.05) is 13.7 Å². The van der Waals surface area contributed by atoms with Crippen LogP contribution in [0.3, 0.4) is 0 Å². The van der Waals surface area contributed by atoms with Gasteiger partial charge in [0.25, 0.3) is 0 Å². The van der Waals surface area contributed by atoms with Crippen molar-refractivity contribution in [2.45, 2.75) is 64.1 Å². The van der Waals surface area contributed by atoms with Gasteiger partial charge in [0.1, 0.15) is 17.6 Å². The number of hydrogen-bond donors (Lipinski definition) is 1. The minimum atomic E-state index is -0.616. The first kappa shape index (κ1) is 22.0. The van der Waals surface area contributed by atoms with Crippen LogP contribution in [0, 0.1) is 0 Å². The maximum atomic E-state index is 13.2. The van der Waals surface area contributed by atoms with Crippen molar-refractivity contribution in [1.82, 2.24) is 25.0 Å². The number of hydrogen-bond acceptors (Lipinski definition) is 5. The number of aromatic nitrogens is 3. The van der Waals surface area contributed by atoms with Gasteiger partial charge in [-0.3, -0.25) is 9.59 Å². The smallest absolute Gasteiger partial charge is 0.245 e. The predicted molar refractivity (Wildman–Crippen MR) is 121 cm³/mol. The van der Waals surface area contributed by atoms with Crippen LogP contribution in [0.2, 0.25) is 0 Å². The second-order valence-corrected chi connectivity index (χ2v) is 8.46. The third kappa shape index (κ3) is 4.84. The summed E-state index contributed by atoms with van der Waals surface area (Å²) in [5.41, 5.74) is 0.882. The zero-order valence-electron chi connectivity index (χ0n) is 18.8. The number of carbonyl (C=O) groups is 2. The molecule has 2 aliphatic heterocycles. The van der Waals surface area contributed by atoms with Crippen LogP contribution in [-0.4, -0.2) is 51.2 Å². The van der Waals surface area contributed by atoms with Gasteiger partial charge < -0.3 is 19.5 Å². The highest BCUT2D eigenvalue weighted by Gasteiger charge is 2.36. The normalized spacial score (nSPS) is 19.4. The summed E-state index contributed by atoms with van der Waals surface area (Å²) in [6, 6.07) is 6.72. The van der Waals surface area contributed by atoms with Crippen molar-refractivity contribution in [3.05, 3.63) is 47.6 Å². The van der Waals surface area contributed by atoms with E-state index in [0.717, 1.165) is 61.6 Å². The molecular formula is C24H31N5O3. The molecule has 3 heterocycles. The number of fused-ring (bicyclic) bond motifs is 1. The molecule has 1 aromatic heterocycles. The fourth-order valence-electron chi connectivity index (χ4n) is 4.51. The van der Waals surface area contributed by atoms with Crippen LogP contribution in [0.1, 0.15) is 62.3 Å². The molecule has 32 heavy (non-hydrogen) atoms. The average molecular weight is 438 g/mol. The number of nitrogens with zero attached hydrogens (tertiary/aromatic N) is 4. The Morgan fingerprint density at radius 2 is 1.94 bits per heavy atom. The van der Waals surface area contributed by atoms with E-state index < -0.39 is 6.04 Å². The van der Waals surface area contributed by atoms with Crippen molar-refractivity contribution in [3.63, 3.8) is 0 Å². The summed E-state index contributed by atoms with van der Waals surface area (Å²) in [6.07, 6.45) is 9.37. The van der Waals surface area contributed by atoms with Gasteiger partial charge in [0.15, 0.2) is 5.82 Å². The Kier molecular flexibility index (Phi) is 6.87. The molecule has 8 nitrogen and oxygen atoms in total. The van der Waals surface area contributed by atoms with Gasteiger partial charge in [-0.1, -0.05) is 18.6 Å². The topological polar surface area (TPSA) is 89.3 Å². The van der Waals surface area contributed by atoms with Crippen LogP contribution in [0.15, 0.2) is 30.3 Å². The third-order valence-corrected chi connectivity index (χ3v) is 6.24. The first-order valence-corrected chi connectivity index (χ1v) is 11.4. The van der Waals surface area contributed by atoms with Crippen LogP contribution in [0.5, 0.6) is 5.75 Å². The van der Waals surface area contributed by atoms with E-state index in [0.29, 0.717) is 6.54 Å². The van der Waals surface area contributed by atoms with E-state index in [-0.39, 0.29) is 17.9 Å². The Labute approximate surface area is 188 Å². The second kappa shape index (κ2) is 9.97. The number of nitrogens with one attached hydrogen (secondary N) is 1. The zero-order chi connectivity index (χ0) is 22.5. The van der Waals surface area contributed by atoms with E-state index in [1.807, 2.05) is 29.2 Å². The Morgan fingerprint density at radius 1 is 1.12 bits per heavy atom. The van der Waals surface area contributed by atoms with Crippen molar-refractivity contribution < 1.29 is 14.3 Å². The van der Waals surface area contributed by atoms with Crippen molar-refractivity contribution in [3.8, 4) is 5.75 Å². The van der Waals surface area contributed by atoms with Gasteiger partial charge in [0, 0.05) is 25.6 Å². The molecule has 1 N–H and O–H groups in total. The number of amides is 2. The van der Waals surface area contributed by atoms with E-state index in [1.54, 1.807) is 20.1 Å². The molecule has 0 aliphatic carbocycles. The van der Waals surface area contributed by atoms with Gasteiger partial charge in [0.05, 0.1) is 13.2 Å². The third-order valence-electron chi connectivity index (χ3n) is 6.24. The fraction of sp³-hybridized carbons (Fsp3) is 0.500. The number of aryl methyl sites for hydroxylation is 1. The molecule has 4 rings (SSSR count). The Morgan fingerprint density at radius 3 is 2.72 bits per heavy atom. The highest BCUT2D eigenvalue weighted by molar-refractivity contribution is 5.95. The number of methoxy groups -OCH3 is 1. The van der Waals surface area contributed by atoms with Crippen LogP contribution in [-0.2, 0) is 22.6 Å². The lowest BCUT2D eigenvalue weighted by molar-refractivity contribution is -0.136. The Balaban J connectivity index is 1.39. The van der Waals surface area contributed by atoms with E-state index >= 15 is 0 Å². The van der Waals surface area contributed by atoms with Crippen LogP contribution in [0.4, 0.5) is 0 Å². The predicted octanol–water partition coefficient (Wildman–Crippen LogP) is 2.89. The summed E-state index contributed by atoms with van der Waals surface area (Å²) < 4.78 is 7.35. The van der Waals surface area contributed by atoms with E-state index in [9.17, 15) is 9.59 Å². The maximum absolute atomic E-state index is 13.2. The molecular weight excluding hydrogens is 406 g/mol. The molecule has 1 saturated heterocycles. The average Bonchev–Trinajstić information content (AvgIpc) is 3.38. The van der Waals surface area contributed by atoms with Crippen LogP contribution in [0.25, 0.3) is 6.08 Å². The van der Waals surface area contributed by atoms with Gasteiger partial charge in [-0.2, -0.15) is 0 Å². The van der Waals surface area contributed by atoms with Gasteiger partial charge in [-0.15, -0.1) is 10.2 Å². The van der Waals surface area contributed by atoms with Gasteiger partial charge >= 0.3 is 0 Å². The molecule has 2 aromatic rings. The van der Waals surface area contributed by atoms with E-state index in [4.69, 9.17) is 4.74 Å².